The number of aryl methyl sites for hydroxylation is 1. The summed E-state index contributed by atoms with van der Waals surface area (Å²) in [6, 6.07) is 15.1. The summed E-state index contributed by atoms with van der Waals surface area (Å²) in [5.74, 6) is 0.658. The second-order valence-electron chi connectivity index (χ2n) is 6.28. The zero-order valence-corrected chi connectivity index (χ0v) is 11.8. The van der Waals surface area contributed by atoms with Crippen molar-refractivity contribution in [3.8, 4) is 0 Å². The van der Waals surface area contributed by atoms with Crippen LogP contribution in [0.15, 0.2) is 48.7 Å². The minimum absolute atomic E-state index is 0.265. The molecular formula is C18H21N. The maximum atomic E-state index is 4.49. The van der Waals surface area contributed by atoms with Crippen LogP contribution >= 0.6 is 0 Å². The number of rotatable bonds is 3. The van der Waals surface area contributed by atoms with Crippen molar-refractivity contribution < 1.29 is 0 Å². The van der Waals surface area contributed by atoms with Crippen molar-refractivity contribution in [1.29, 1.82) is 0 Å². The van der Waals surface area contributed by atoms with Gasteiger partial charge in [0.1, 0.15) is 0 Å². The Balaban J connectivity index is 1.86. The molecule has 0 spiro atoms. The largest absolute Gasteiger partial charge is 0.261 e. The highest BCUT2D eigenvalue weighted by atomic mass is 14.7. The van der Waals surface area contributed by atoms with Crippen LogP contribution in [0.1, 0.15) is 43.0 Å². The Hall–Kier alpha value is -1.63. The predicted octanol–water partition coefficient (Wildman–Crippen LogP) is 4.38. The van der Waals surface area contributed by atoms with Crippen molar-refractivity contribution in [3.63, 3.8) is 0 Å². The van der Waals surface area contributed by atoms with E-state index in [-0.39, 0.29) is 5.41 Å². The smallest absolute Gasteiger partial charge is 0.0409 e. The topological polar surface area (TPSA) is 12.9 Å². The van der Waals surface area contributed by atoms with Gasteiger partial charge in [0.05, 0.1) is 0 Å². The van der Waals surface area contributed by atoms with Crippen LogP contribution in [0.4, 0.5) is 0 Å². The average Bonchev–Trinajstić information content (AvgIpc) is 2.84. The van der Waals surface area contributed by atoms with Crippen molar-refractivity contribution >= 4 is 0 Å². The molecule has 0 amide bonds. The Bertz CT molecular complexity index is 557. The van der Waals surface area contributed by atoms with Crippen molar-refractivity contribution in [2.24, 2.45) is 5.41 Å². The molecule has 3 rings (SSSR count). The van der Waals surface area contributed by atoms with Gasteiger partial charge < -0.3 is 0 Å². The second kappa shape index (κ2) is 4.80. The van der Waals surface area contributed by atoms with Gasteiger partial charge in [-0.2, -0.15) is 0 Å². The SMILES string of the molecule is CC(C)(Cc1ccccn1)C1CCc2ccccc21. The number of pyridine rings is 1. The molecule has 0 N–H and O–H groups in total. The van der Waals surface area contributed by atoms with Gasteiger partial charge in [0.15, 0.2) is 0 Å². The third kappa shape index (κ3) is 2.42. The van der Waals surface area contributed by atoms with E-state index in [1.54, 1.807) is 11.1 Å². The average molecular weight is 251 g/mol. The van der Waals surface area contributed by atoms with E-state index in [9.17, 15) is 0 Å². The van der Waals surface area contributed by atoms with E-state index < -0.39 is 0 Å². The van der Waals surface area contributed by atoms with E-state index in [0.29, 0.717) is 5.92 Å². The molecule has 2 aromatic rings. The van der Waals surface area contributed by atoms with Crippen LogP contribution in [-0.4, -0.2) is 4.98 Å². The molecule has 0 fully saturated rings. The van der Waals surface area contributed by atoms with Gasteiger partial charge in [0.2, 0.25) is 0 Å². The van der Waals surface area contributed by atoms with Crippen molar-refractivity contribution in [1.82, 2.24) is 4.98 Å². The summed E-state index contributed by atoms with van der Waals surface area (Å²) in [6.45, 7) is 4.77. The van der Waals surface area contributed by atoms with E-state index in [1.165, 1.54) is 18.5 Å². The fourth-order valence-electron chi connectivity index (χ4n) is 3.46. The molecule has 1 heteroatoms. The standard InChI is InChI=1S/C18H21N/c1-18(2,13-15-8-5-6-12-19-15)17-11-10-14-7-3-4-9-16(14)17/h3-9,12,17H,10-11,13H2,1-2H3. The van der Waals surface area contributed by atoms with Crippen LogP contribution in [0.25, 0.3) is 0 Å². The zero-order valence-electron chi connectivity index (χ0n) is 11.8. The number of fused-ring (bicyclic) bond motifs is 1. The number of hydrogen-bond acceptors (Lipinski definition) is 1. The van der Waals surface area contributed by atoms with Crippen LogP contribution in [0.3, 0.4) is 0 Å². The molecule has 19 heavy (non-hydrogen) atoms. The molecule has 1 aromatic heterocycles. The quantitative estimate of drug-likeness (QED) is 0.789. The zero-order chi connectivity index (χ0) is 13.3. The molecule has 1 aliphatic carbocycles. The fourth-order valence-corrected chi connectivity index (χ4v) is 3.46. The van der Waals surface area contributed by atoms with Gasteiger partial charge in [0.25, 0.3) is 0 Å². The monoisotopic (exact) mass is 251 g/mol. The van der Waals surface area contributed by atoms with Crippen molar-refractivity contribution in [2.75, 3.05) is 0 Å². The summed E-state index contributed by atoms with van der Waals surface area (Å²) in [5, 5.41) is 0. The molecule has 0 saturated heterocycles. The Kier molecular flexibility index (Phi) is 3.14. The Labute approximate surface area is 115 Å². The summed E-state index contributed by atoms with van der Waals surface area (Å²) in [7, 11) is 0. The second-order valence-corrected chi connectivity index (χ2v) is 6.28. The summed E-state index contributed by atoms with van der Waals surface area (Å²) >= 11 is 0. The first-order valence-corrected chi connectivity index (χ1v) is 7.14. The minimum Gasteiger partial charge on any atom is -0.261 e. The molecule has 0 radical (unpaired) electrons. The number of benzene rings is 1. The van der Waals surface area contributed by atoms with Gasteiger partial charge >= 0.3 is 0 Å². The van der Waals surface area contributed by atoms with Crippen molar-refractivity contribution in [2.45, 2.75) is 39.0 Å². The lowest BCUT2D eigenvalue weighted by Gasteiger charge is -2.32. The first-order chi connectivity index (χ1) is 9.17. The lowest BCUT2D eigenvalue weighted by atomic mass is 9.72. The van der Waals surface area contributed by atoms with E-state index in [0.717, 1.165) is 6.42 Å². The van der Waals surface area contributed by atoms with Crippen LogP contribution < -0.4 is 0 Å². The lowest BCUT2D eigenvalue weighted by molar-refractivity contribution is 0.278. The molecule has 1 aliphatic rings. The highest BCUT2D eigenvalue weighted by molar-refractivity contribution is 5.36. The minimum atomic E-state index is 0.265. The van der Waals surface area contributed by atoms with E-state index in [4.69, 9.17) is 0 Å². The Morgan fingerprint density at radius 1 is 1.11 bits per heavy atom. The van der Waals surface area contributed by atoms with Gasteiger partial charge in [-0.25, -0.2) is 0 Å². The molecule has 98 valence electrons. The maximum absolute atomic E-state index is 4.49. The molecule has 1 unspecified atom stereocenters. The fraction of sp³-hybridized carbons (Fsp3) is 0.389. The molecule has 1 nitrogen and oxygen atoms in total. The maximum Gasteiger partial charge on any atom is 0.0409 e. The third-order valence-corrected chi connectivity index (χ3v) is 4.44. The third-order valence-electron chi connectivity index (χ3n) is 4.44. The first kappa shape index (κ1) is 12.4. The summed E-state index contributed by atoms with van der Waals surface area (Å²) in [5.41, 5.74) is 4.57. The Morgan fingerprint density at radius 3 is 2.68 bits per heavy atom. The van der Waals surface area contributed by atoms with Gasteiger partial charge in [-0.3, -0.25) is 4.98 Å². The van der Waals surface area contributed by atoms with E-state index >= 15 is 0 Å². The molecule has 0 saturated carbocycles. The molecule has 0 bridgehead atoms. The number of aromatic nitrogens is 1. The van der Waals surface area contributed by atoms with Gasteiger partial charge in [-0.05, 0) is 53.9 Å². The van der Waals surface area contributed by atoms with Gasteiger partial charge in [0, 0.05) is 11.9 Å². The summed E-state index contributed by atoms with van der Waals surface area (Å²) in [6.07, 6.45) is 5.45. The molecule has 1 heterocycles. The molecular weight excluding hydrogens is 230 g/mol. The highest BCUT2D eigenvalue weighted by Gasteiger charge is 2.35. The van der Waals surface area contributed by atoms with E-state index in [1.807, 2.05) is 12.3 Å². The summed E-state index contributed by atoms with van der Waals surface area (Å²) in [4.78, 5) is 4.49. The molecule has 0 aliphatic heterocycles. The number of nitrogens with zero attached hydrogens (tertiary/aromatic N) is 1. The van der Waals surface area contributed by atoms with Crippen LogP contribution in [0, 0.1) is 5.41 Å². The molecule has 1 aromatic carbocycles. The lowest BCUT2D eigenvalue weighted by Crippen LogP contribution is -2.23. The van der Waals surface area contributed by atoms with Crippen LogP contribution in [0.2, 0.25) is 0 Å². The van der Waals surface area contributed by atoms with Gasteiger partial charge in [-0.15, -0.1) is 0 Å². The summed E-state index contributed by atoms with van der Waals surface area (Å²) < 4.78 is 0. The first-order valence-electron chi connectivity index (χ1n) is 7.14. The van der Waals surface area contributed by atoms with Crippen LogP contribution in [0.5, 0.6) is 0 Å². The van der Waals surface area contributed by atoms with Gasteiger partial charge in [-0.1, -0.05) is 44.2 Å². The van der Waals surface area contributed by atoms with E-state index in [2.05, 4.69) is 55.2 Å². The van der Waals surface area contributed by atoms with Crippen LogP contribution in [-0.2, 0) is 12.8 Å². The van der Waals surface area contributed by atoms with Crippen molar-refractivity contribution in [3.05, 3.63) is 65.5 Å². The number of hydrogen-bond donors (Lipinski definition) is 0. The molecule has 1 atom stereocenters. The Morgan fingerprint density at radius 2 is 1.89 bits per heavy atom. The highest BCUT2D eigenvalue weighted by Crippen LogP contribution is 2.46. The predicted molar refractivity (Wildman–Crippen MR) is 79.2 cm³/mol. The normalized spacial score (nSPS) is 18.3.